The number of benzene rings is 1. The molecule has 0 bridgehead atoms. The third kappa shape index (κ3) is 9.12. The third-order valence-electron chi connectivity index (χ3n) is 5.47. The summed E-state index contributed by atoms with van der Waals surface area (Å²) in [4.78, 5) is 38.3. The van der Waals surface area contributed by atoms with E-state index in [-0.39, 0.29) is 23.0 Å². The minimum atomic E-state index is -0.459. The third-order valence-corrected chi connectivity index (χ3v) is 5.47. The first-order chi connectivity index (χ1) is 15.6. The second-order valence-corrected chi connectivity index (χ2v) is 9.53. The highest BCUT2D eigenvalue weighted by atomic mass is 16.5. The molecule has 2 N–H and O–H groups in total. The molecular formula is C26H36N2O5. The van der Waals surface area contributed by atoms with E-state index in [0.717, 1.165) is 24.8 Å². The number of methoxy groups -OCH3 is 1. The van der Waals surface area contributed by atoms with Crippen LogP contribution in [0.4, 0.5) is 0 Å². The molecule has 0 aliphatic carbocycles. The molecule has 33 heavy (non-hydrogen) atoms. The summed E-state index contributed by atoms with van der Waals surface area (Å²) < 4.78 is 5.30. The second kappa shape index (κ2) is 12.2. The fraction of sp³-hybridized carbons (Fsp3) is 0.500. The molecule has 1 aromatic rings. The number of hydrogen-bond acceptors (Lipinski definition) is 5. The van der Waals surface area contributed by atoms with E-state index in [9.17, 15) is 19.5 Å². The zero-order valence-corrected chi connectivity index (χ0v) is 20.1. The van der Waals surface area contributed by atoms with Gasteiger partial charge in [-0.05, 0) is 42.4 Å². The molecule has 1 heterocycles. The highest BCUT2D eigenvalue weighted by Crippen LogP contribution is 2.22. The minimum Gasteiger partial charge on any atom is -0.508 e. The molecule has 7 heteroatoms. The quantitative estimate of drug-likeness (QED) is 0.299. The lowest BCUT2D eigenvalue weighted by Gasteiger charge is -2.22. The number of imide groups is 1. The molecule has 2 rings (SSSR count). The number of ether oxygens (including phenoxy) is 1. The largest absolute Gasteiger partial charge is 0.508 e. The Balaban J connectivity index is 1.84. The van der Waals surface area contributed by atoms with E-state index >= 15 is 0 Å². The number of nitrogens with one attached hydrogen (secondary N) is 1. The Labute approximate surface area is 196 Å². The van der Waals surface area contributed by atoms with Gasteiger partial charge < -0.3 is 15.2 Å². The van der Waals surface area contributed by atoms with Crippen molar-refractivity contribution >= 4 is 17.7 Å². The van der Waals surface area contributed by atoms with Gasteiger partial charge in [-0.3, -0.25) is 19.3 Å². The van der Waals surface area contributed by atoms with Gasteiger partial charge in [-0.1, -0.05) is 45.4 Å². The molecule has 0 radical (unpaired) electrons. The van der Waals surface area contributed by atoms with Crippen molar-refractivity contribution in [1.29, 1.82) is 0 Å². The predicted molar refractivity (Wildman–Crippen MR) is 127 cm³/mol. The summed E-state index contributed by atoms with van der Waals surface area (Å²) in [5, 5.41) is 12.3. The van der Waals surface area contributed by atoms with Crippen LogP contribution >= 0.6 is 0 Å². The van der Waals surface area contributed by atoms with Crippen molar-refractivity contribution in [3.05, 3.63) is 53.8 Å². The lowest BCUT2D eigenvalue weighted by molar-refractivity contribution is -0.139. The molecule has 0 fully saturated rings. The van der Waals surface area contributed by atoms with Crippen molar-refractivity contribution in [1.82, 2.24) is 10.2 Å². The van der Waals surface area contributed by atoms with Gasteiger partial charge in [0.15, 0.2) is 0 Å². The van der Waals surface area contributed by atoms with Crippen molar-refractivity contribution in [3.8, 4) is 5.75 Å². The fourth-order valence-corrected chi connectivity index (χ4v) is 3.62. The van der Waals surface area contributed by atoms with Crippen LogP contribution in [0.5, 0.6) is 5.75 Å². The van der Waals surface area contributed by atoms with Gasteiger partial charge in [0.1, 0.15) is 11.5 Å². The van der Waals surface area contributed by atoms with E-state index in [4.69, 9.17) is 4.74 Å². The van der Waals surface area contributed by atoms with Crippen LogP contribution in [0.25, 0.3) is 0 Å². The molecule has 7 nitrogen and oxygen atoms in total. The highest BCUT2D eigenvalue weighted by molar-refractivity contribution is 6.07. The Morgan fingerprint density at radius 3 is 2.48 bits per heavy atom. The number of phenolic OH excluding ortho intramolecular Hbond substituents is 1. The van der Waals surface area contributed by atoms with Crippen molar-refractivity contribution in [2.24, 2.45) is 5.41 Å². The molecule has 1 atom stereocenters. The van der Waals surface area contributed by atoms with Gasteiger partial charge in [0.05, 0.1) is 13.2 Å². The number of rotatable bonds is 11. The summed E-state index contributed by atoms with van der Waals surface area (Å²) in [5.41, 5.74) is 1.17. The summed E-state index contributed by atoms with van der Waals surface area (Å²) in [6.07, 6.45) is 8.63. The number of aromatic hydroxyl groups is 1. The highest BCUT2D eigenvalue weighted by Gasteiger charge is 2.30. The number of hydrogen-bond donors (Lipinski definition) is 2. The molecule has 0 unspecified atom stereocenters. The minimum absolute atomic E-state index is 0.0152. The smallest absolute Gasteiger partial charge is 0.257 e. The first-order valence-electron chi connectivity index (χ1n) is 11.4. The first-order valence-corrected chi connectivity index (χ1v) is 11.4. The van der Waals surface area contributed by atoms with E-state index in [1.807, 2.05) is 0 Å². The van der Waals surface area contributed by atoms with Crippen LogP contribution < -0.4 is 5.32 Å². The maximum atomic E-state index is 12.8. The summed E-state index contributed by atoms with van der Waals surface area (Å²) in [5.74, 6) is -0.290. The fourth-order valence-electron chi connectivity index (χ4n) is 3.62. The average Bonchev–Trinajstić information content (AvgIpc) is 3.11. The van der Waals surface area contributed by atoms with Gasteiger partial charge in [0.25, 0.3) is 11.8 Å². The summed E-state index contributed by atoms with van der Waals surface area (Å²) in [6.45, 7) is 6.92. The monoisotopic (exact) mass is 456 g/mol. The van der Waals surface area contributed by atoms with Crippen LogP contribution in [0.15, 0.2) is 48.3 Å². The Kier molecular flexibility index (Phi) is 9.70. The van der Waals surface area contributed by atoms with Crippen LogP contribution in [0.3, 0.4) is 0 Å². The molecule has 0 saturated heterocycles. The molecule has 0 saturated carbocycles. The van der Waals surface area contributed by atoms with Crippen molar-refractivity contribution in [2.75, 3.05) is 13.7 Å². The number of nitrogens with zero attached hydrogens (tertiary/aromatic N) is 1. The SMILES string of the molecule is CO/C(=C/C(=O)N1C(=O)C=C[C@@H]1Cc1ccc(O)cc1)CCNC(=O)CCCCC(C)(C)C. The number of carbonyl (C=O) groups excluding carboxylic acids is 3. The average molecular weight is 457 g/mol. The number of carbonyl (C=O) groups is 3. The van der Waals surface area contributed by atoms with Gasteiger partial charge >= 0.3 is 0 Å². The van der Waals surface area contributed by atoms with Crippen molar-refractivity contribution in [3.63, 3.8) is 0 Å². The lowest BCUT2D eigenvalue weighted by atomic mass is 9.89. The van der Waals surface area contributed by atoms with Crippen molar-refractivity contribution in [2.45, 2.75) is 65.3 Å². The van der Waals surface area contributed by atoms with E-state index in [1.165, 1.54) is 24.2 Å². The second-order valence-electron chi connectivity index (χ2n) is 9.53. The predicted octanol–water partition coefficient (Wildman–Crippen LogP) is 3.87. The van der Waals surface area contributed by atoms with Gasteiger partial charge in [0.2, 0.25) is 5.91 Å². The molecule has 180 valence electrons. The van der Waals surface area contributed by atoms with Crippen LogP contribution in [0.2, 0.25) is 0 Å². The molecule has 1 aliphatic rings. The Hall–Kier alpha value is -3.09. The van der Waals surface area contributed by atoms with Crippen molar-refractivity contribution < 1.29 is 24.2 Å². The normalized spacial score (nSPS) is 16.2. The molecular weight excluding hydrogens is 420 g/mol. The number of amides is 3. The van der Waals surface area contributed by atoms with Gasteiger partial charge in [0, 0.05) is 31.5 Å². The Bertz CT molecular complexity index is 881. The number of phenols is 1. The number of unbranched alkanes of at least 4 members (excludes halogenated alkanes) is 1. The Morgan fingerprint density at radius 1 is 1.15 bits per heavy atom. The van der Waals surface area contributed by atoms with E-state index in [2.05, 4.69) is 26.1 Å². The molecule has 3 amide bonds. The van der Waals surface area contributed by atoms with Crippen LogP contribution in [-0.4, -0.2) is 47.4 Å². The zero-order chi connectivity index (χ0) is 24.4. The van der Waals surface area contributed by atoms with Crippen LogP contribution in [0.1, 0.15) is 58.4 Å². The lowest BCUT2D eigenvalue weighted by Crippen LogP contribution is -2.39. The molecule has 1 aliphatic heterocycles. The van der Waals surface area contributed by atoms with E-state index in [1.54, 1.807) is 30.3 Å². The standard InChI is InChI=1S/C26H36N2O5/c1-26(2,3)15-6-5-7-23(30)27-16-14-22(33-4)18-25(32)28-20(10-13-24(28)31)17-19-8-11-21(29)12-9-19/h8-13,18,20,29H,5-7,14-17H2,1-4H3,(H,27,30)/b22-18+/t20-/m1/s1. The Morgan fingerprint density at radius 2 is 1.85 bits per heavy atom. The summed E-state index contributed by atoms with van der Waals surface area (Å²) >= 11 is 0. The van der Waals surface area contributed by atoms with Crippen LogP contribution in [0, 0.1) is 5.41 Å². The van der Waals surface area contributed by atoms with Gasteiger partial charge in [-0.25, -0.2) is 0 Å². The summed E-state index contributed by atoms with van der Waals surface area (Å²) in [7, 11) is 1.46. The molecule has 1 aromatic carbocycles. The topological polar surface area (TPSA) is 95.9 Å². The van der Waals surface area contributed by atoms with Gasteiger partial charge in [-0.2, -0.15) is 0 Å². The maximum absolute atomic E-state index is 12.8. The zero-order valence-electron chi connectivity index (χ0n) is 20.1. The first kappa shape index (κ1) is 26.2. The van der Waals surface area contributed by atoms with Crippen LogP contribution in [-0.2, 0) is 25.5 Å². The summed E-state index contributed by atoms with van der Waals surface area (Å²) in [6, 6.07) is 6.26. The van der Waals surface area contributed by atoms with Gasteiger partial charge in [-0.15, -0.1) is 0 Å². The molecule has 0 aromatic heterocycles. The van der Waals surface area contributed by atoms with E-state index in [0.29, 0.717) is 31.6 Å². The maximum Gasteiger partial charge on any atom is 0.257 e. The van der Waals surface area contributed by atoms with E-state index < -0.39 is 11.9 Å². The molecule has 0 spiro atoms.